The molecule has 0 aliphatic rings. The third-order valence-electron chi connectivity index (χ3n) is 4.12. The number of halogens is 1. The van der Waals surface area contributed by atoms with Crippen LogP contribution < -0.4 is 4.80 Å². The lowest BCUT2D eigenvalue weighted by atomic mass is 10.1. The van der Waals surface area contributed by atoms with Gasteiger partial charge in [0.05, 0.1) is 29.1 Å². The number of carbonyl (C=O) groups excluding carboxylic acids is 1. The number of benzene rings is 1. The minimum Gasteiger partial charge on any atom is -0.395 e. The Hall–Kier alpha value is -2.28. The van der Waals surface area contributed by atoms with Crippen molar-refractivity contribution in [3.05, 3.63) is 63.5 Å². The van der Waals surface area contributed by atoms with Crippen molar-refractivity contribution >= 4 is 35.2 Å². The van der Waals surface area contributed by atoms with Crippen molar-refractivity contribution in [1.82, 2.24) is 9.55 Å². The van der Waals surface area contributed by atoms with Crippen LogP contribution in [0, 0.1) is 13.8 Å². The average Bonchev–Trinajstić information content (AvgIpc) is 2.93. The van der Waals surface area contributed by atoms with Crippen molar-refractivity contribution in [3.63, 3.8) is 0 Å². The Kier molecular flexibility index (Phi) is 7.07. The molecule has 142 valence electrons. The number of nitrogens with zero attached hydrogens (tertiary/aromatic N) is 3. The molecule has 1 aromatic carbocycles. The molecule has 3 aromatic rings. The monoisotopic (exact) mass is 403 g/mol. The van der Waals surface area contributed by atoms with E-state index in [1.807, 2.05) is 35.8 Å². The molecule has 2 heterocycles. The van der Waals surface area contributed by atoms with Gasteiger partial charge in [-0.2, -0.15) is 0 Å². The van der Waals surface area contributed by atoms with Crippen LogP contribution in [0.25, 0.3) is 11.3 Å². The maximum absolute atomic E-state index is 11.8. The molecular weight excluding hydrogens is 382 g/mol. The Morgan fingerprint density at radius 2 is 1.89 bits per heavy atom. The molecule has 0 fully saturated rings. The third-order valence-corrected chi connectivity index (χ3v) is 5.40. The predicted molar refractivity (Wildman–Crippen MR) is 111 cm³/mol. The maximum Gasteiger partial charge on any atom is 0.190 e. The highest BCUT2D eigenvalue weighted by atomic mass is 35.5. The minimum atomic E-state index is -0.00723. The quantitative estimate of drug-likeness (QED) is 0.652. The van der Waals surface area contributed by atoms with Crippen molar-refractivity contribution in [2.75, 3.05) is 6.61 Å². The van der Waals surface area contributed by atoms with E-state index in [2.05, 4.69) is 29.0 Å². The van der Waals surface area contributed by atoms with Gasteiger partial charge in [-0.1, -0.05) is 41.2 Å². The van der Waals surface area contributed by atoms with Gasteiger partial charge in [0.2, 0.25) is 0 Å². The summed E-state index contributed by atoms with van der Waals surface area (Å²) >= 11 is 1.34. The number of thiazole rings is 1. The molecule has 27 heavy (non-hydrogen) atoms. The van der Waals surface area contributed by atoms with Crippen LogP contribution in [0.15, 0.2) is 47.6 Å². The number of aliphatic hydroxyl groups excluding tert-OH is 1. The summed E-state index contributed by atoms with van der Waals surface area (Å²) in [5.74, 6) is 0.00786. The molecule has 0 bridgehead atoms. The molecular formula is C20H22ClN3O2S. The van der Waals surface area contributed by atoms with E-state index >= 15 is 0 Å². The summed E-state index contributed by atoms with van der Waals surface area (Å²) in [6, 6.07) is 12.1. The normalized spacial score (nSPS) is 11.3. The molecule has 0 saturated carbocycles. The number of carbonyl (C=O) groups is 1. The zero-order valence-electron chi connectivity index (χ0n) is 15.5. The summed E-state index contributed by atoms with van der Waals surface area (Å²) in [6.07, 6.45) is 1.72. The zero-order valence-corrected chi connectivity index (χ0v) is 17.1. The fourth-order valence-electron chi connectivity index (χ4n) is 2.72. The van der Waals surface area contributed by atoms with Crippen LogP contribution in [0.4, 0.5) is 5.69 Å². The summed E-state index contributed by atoms with van der Waals surface area (Å²) in [6.45, 7) is 5.87. The van der Waals surface area contributed by atoms with Gasteiger partial charge in [-0.05, 0) is 26.0 Å². The number of rotatable bonds is 5. The van der Waals surface area contributed by atoms with Crippen molar-refractivity contribution in [2.45, 2.75) is 27.3 Å². The molecule has 0 aliphatic heterocycles. The topological polar surface area (TPSA) is 67.5 Å². The van der Waals surface area contributed by atoms with Gasteiger partial charge in [0.15, 0.2) is 10.6 Å². The van der Waals surface area contributed by atoms with Crippen molar-refractivity contribution < 1.29 is 9.90 Å². The van der Waals surface area contributed by atoms with Crippen LogP contribution in [-0.4, -0.2) is 27.0 Å². The highest BCUT2D eigenvalue weighted by molar-refractivity contribution is 7.11. The number of pyridine rings is 1. The Labute approximate surface area is 168 Å². The summed E-state index contributed by atoms with van der Waals surface area (Å²) in [7, 11) is 0. The Morgan fingerprint density at radius 3 is 2.44 bits per heavy atom. The van der Waals surface area contributed by atoms with Gasteiger partial charge < -0.3 is 9.67 Å². The van der Waals surface area contributed by atoms with Crippen LogP contribution in [0.5, 0.6) is 0 Å². The van der Waals surface area contributed by atoms with E-state index in [1.54, 1.807) is 13.1 Å². The molecule has 0 saturated heterocycles. The molecule has 5 nitrogen and oxygen atoms in total. The molecule has 0 unspecified atom stereocenters. The second kappa shape index (κ2) is 9.08. The van der Waals surface area contributed by atoms with Gasteiger partial charge >= 0.3 is 0 Å². The molecule has 0 radical (unpaired) electrons. The van der Waals surface area contributed by atoms with Crippen molar-refractivity contribution in [2.24, 2.45) is 4.99 Å². The van der Waals surface area contributed by atoms with Gasteiger partial charge in [0.25, 0.3) is 0 Å². The molecule has 0 aliphatic carbocycles. The van der Waals surface area contributed by atoms with E-state index in [0.717, 1.165) is 17.0 Å². The van der Waals surface area contributed by atoms with Gasteiger partial charge in [-0.15, -0.1) is 12.4 Å². The fourth-order valence-corrected chi connectivity index (χ4v) is 3.79. The van der Waals surface area contributed by atoms with Gasteiger partial charge in [0, 0.05) is 24.7 Å². The van der Waals surface area contributed by atoms with Gasteiger partial charge in [-0.25, -0.2) is 4.99 Å². The van der Waals surface area contributed by atoms with Crippen LogP contribution in [0.1, 0.15) is 27.9 Å². The highest BCUT2D eigenvalue weighted by Gasteiger charge is 2.13. The number of ketones is 1. The van der Waals surface area contributed by atoms with E-state index in [4.69, 9.17) is 0 Å². The molecule has 3 rings (SSSR count). The third kappa shape index (κ3) is 4.71. The number of Topliss-reactive ketones (excluding diaryl/α,β-unsaturated/α-hetero) is 1. The first-order chi connectivity index (χ1) is 12.5. The van der Waals surface area contributed by atoms with Crippen LogP contribution in [0.2, 0.25) is 0 Å². The summed E-state index contributed by atoms with van der Waals surface area (Å²) in [5, 5.41) is 9.31. The van der Waals surface area contributed by atoms with E-state index in [0.29, 0.717) is 21.9 Å². The molecule has 0 amide bonds. The largest absolute Gasteiger partial charge is 0.395 e. The smallest absolute Gasteiger partial charge is 0.190 e. The molecule has 0 spiro atoms. The second-order valence-corrected chi connectivity index (χ2v) is 7.09. The summed E-state index contributed by atoms with van der Waals surface area (Å²) in [4.78, 5) is 22.3. The van der Waals surface area contributed by atoms with E-state index in [9.17, 15) is 9.90 Å². The number of aliphatic hydroxyl groups is 1. The van der Waals surface area contributed by atoms with Crippen LogP contribution >= 0.6 is 23.7 Å². The lowest BCUT2D eigenvalue weighted by Gasteiger charge is -2.04. The number of hydrogen-bond acceptors (Lipinski definition) is 5. The number of hydrogen-bond donors (Lipinski definition) is 1. The van der Waals surface area contributed by atoms with E-state index in [1.165, 1.54) is 16.9 Å². The first-order valence-electron chi connectivity index (χ1n) is 8.39. The molecule has 7 heteroatoms. The Morgan fingerprint density at radius 1 is 1.19 bits per heavy atom. The fraction of sp³-hybridized carbons (Fsp3) is 0.250. The zero-order chi connectivity index (χ0) is 18.7. The number of aryl methyl sites for hydroxylation is 1. The SMILES string of the molecule is CC(=O)c1s/c(=N\c2ccc(-c3ccc(C)cc3)nc2)n(CCO)c1C.Cl. The number of aromatic nitrogens is 2. The van der Waals surface area contributed by atoms with Crippen molar-refractivity contribution in [1.29, 1.82) is 0 Å². The lowest BCUT2D eigenvalue weighted by molar-refractivity contribution is 0.102. The molecule has 0 atom stereocenters. The summed E-state index contributed by atoms with van der Waals surface area (Å²) in [5.41, 5.74) is 4.70. The van der Waals surface area contributed by atoms with Crippen LogP contribution in [-0.2, 0) is 6.54 Å². The Bertz CT molecular complexity index is 990. The van der Waals surface area contributed by atoms with Gasteiger partial charge in [0.1, 0.15) is 0 Å². The first kappa shape index (κ1) is 21.0. The highest BCUT2D eigenvalue weighted by Crippen LogP contribution is 2.20. The standard InChI is InChI=1S/C20H21N3O2S.ClH/c1-13-4-6-16(7-5-13)18-9-8-17(12-21-18)22-20-23(10-11-24)14(2)19(26-20)15(3)25;/h4-9,12,24H,10-11H2,1-3H3;1H/b22-20-;. The Balaban J connectivity index is 0.00000261. The first-order valence-corrected chi connectivity index (χ1v) is 9.21. The van der Waals surface area contributed by atoms with Gasteiger partial charge in [-0.3, -0.25) is 9.78 Å². The lowest BCUT2D eigenvalue weighted by Crippen LogP contribution is -2.18. The van der Waals surface area contributed by atoms with Crippen LogP contribution in [0.3, 0.4) is 0 Å². The van der Waals surface area contributed by atoms with Crippen molar-refractivity contribution in [3.8, 4) is 11.3 Å². The predicted octanol–water partition coefficient (Wildman–Crippen LogP) is 4.08. The summed E-state index contributed by atoms with van der Waals surface area (Å²) < 4.78 is 1.87. The maximum atomic E-state index is 11.8. The van der Waals surface area contributed by atoms with E-state index in [-0.39, 0.29) is 24.8 Å². The molecule has 1 N–H and O–H groups in total. The second-order valence-electron chi connectivity index (χ2n) is 6.11. The average molecular weight is 404 g/mol. The minimum absolute atomic E-state index is 0. The molecule has 2 aromatic heterocycles. The van der Waals surface area contributed by atoms with E-state index < -0.39 is 0 Å².